The number of allylic oxidation sites excluding steroid dienone is 6. The van der Waals surface area contributed by atoms with E-state index < -0.39 is 0 Å². The highest BCUT2D eigenvalue weighted by atomic mass is 15.2. The number of anilines is 2. The molecule has 3 aliphatic carbocycles. The van der Waals surface area contributed by atoms with Gasteiger partial charge in [-0.2, -0.15) is 0 Å². The fraction of sp³-hybridized carbons (Fsp3) is 0.0847. The molecule has 0 N–H and O–H groups in total. The topological polar surface area (TPSA) is 3.24 Å². The fourth-order valence-corrected chi connectivity index (χ4v) is 10.6. The van der Waals surface area contributed by atoms with Crippen LogP contribution in [-0.4, -0.2) is 6.04 Å². The number of hydrogen-bond acceptors (Lipinski definition) is 1. The number of benzene rings is 8. The van der Waals surface area contributed by atoms with Gasteiger partial charge >= 0.3 is 0 Å². The summed E-state index contributed by atoms with van der Waals surface area (Å²) in [5.41, 5.74) is 14.9. The van der Waals surface area contributed by atoms with Crippen molar-refractivity contribution < 1.29 is 0 Å². The molecule has 11 rings (SSSR count). The molecule has 0 spiro atoms. The minimum Gasteiger partial charge on any atom is -0.334 e. The van der Waals surface area contributed by atoms with Gasteiger partial charge in [-0.1, -0.05) is 225 Å². The largest absolute Gasteiger partial charge is 0.334 e. The molecule has 1 heteroatoms. The summed E-state index contributed by atoms with van der Waals surface area (Å²) in [6.45, 7) is 0. The van der Waals surface area contributed by atoms with Crippen LogP contribution in [0, 0.1) is 11.8 Å². The summed E-state index contributed by atoms with van der Waals surface area (Å²) in [7, 11) is 0. The number of nitrogens with zero attached hydrogens (tertiary/aromatic N) is 1. The van der Waals surface area contributed by atoms with Crippen LogP contribution in [0.4, 0.5) is 11.4 Å². The van der Waals surface area contributed by atoms with Crippen LogP contribution in [0.1, 0.15) is 17.5 Å². The summed E-state index contributed by atoms with van der Waals surface area (Å²) in [4.78, 5) is 2.64. The molecule has 3 aliphatic rings. The van der Waals surface area contributed by atoms with E-state index in [0.29, 0.717) is 5.92 Å². The highest BCUT2D eigenvalue weighted by Gasteiger charge is 2.55. The molecule has 0 saturated heterocycles. The SMILES string of the molecule is C1=CC2C3=CCC(N(c4ccc(-c5ccccc5-c5ccccc5)cc4)c4ccc5ccccc5c4-c4ccccc4)C=C3C(c3ccccc3)(c3ccccc3)C2C=C1. The van der Waals surface area contributed by atoms with E-state index in [1.165, 1.54) is 77.8 Å². The van der Waals surface area contributed by atoms with E-state index in [2.05, 4.69) is 248 Å². The number of hydrogen-bond donors (Lipinski definition) is 0. The van der Waals surface area contributed by atoms with Gasteiger partial charge in [0.15, 0.2) is 0 Å². The van der Waals surface area contributed by atoms with E-state index in [1.54, 1.807) is 0 Å². The summed E-state index contributed by atoms with van der Waals surface area (Å²) in [5, 5.41) is 2.49. The Kier molecular flexibility index (Phi) is 9.09. The third-order valence-corrected chi connectivity index (χ3v) is 13.2. The third-order valence-electron chi connectivity index (χ3n) is 13.2. The maximum absolute atomic E-state index is 2.65. The van der Waals surface area contributed by atoms with Crippen LogP contribution in [0.3, 0.4) is 0 Å². The normalized spacial score (nSPS) is 18.6. The summed E-state index contributed by atoms with van der Waals surface area (Å²) in [6.07, 6.45) is 15.6. The molecular weight excluding hydrogens is 723 g/mol. The highest BCUT2D eigenvalue weighted by Crippen LogP contribution is 2.62. The van der Waals surface area contributed by atoms with Crippen LogP contribution >= 0.6 is 0 Å². The van der Waals surface area contributed by atoms with Gasteiger partial charge in [-0.3, -0.25) is 0 Å². The molecule has 1 saturated carbocycles. The lowest BCUT2D eigenvalue weighted by Gasteiger charge is -2.41. The van der Waals surface area contributed by atoms with Crippen molar-refractivity contribution >= 4 is 22.1 Å². The Morgan fingerprint density at radius 2 is 1.02 bits per heavy atom. The van der Waals surface area contributed by atoms with Gasteiger partial charge in [-0.25, -0.2) is 0 Å². The lowest BCUT2D eigenvalue weighted by atomic mass is 9.63. The molecule has 286 valence electrons. The first-order valence-electron chi connectivity index (χ1n) is 21.3. The van der Waals surface area contributed by atoms with Crippen molar-refractivity contribution in [2.24, 2.45) is 11.8 Å². The molecule has 8 aromatic rings. The van der Waals surface area contributed by atoms with Gasteiger partial charge in [0.2, 0.25) is 0 Å². The number of rotatable bonds is 8. The minimum absolute atomic E-state index is 0.0368. The van der Waals surface area contributed by atoms with Crippen molar-refractivity contribution in [3.8, 4) is 33.4 Å². The Morgan fingerprint density at radius 1 is 0.467 bits per heavy atom. The van der Waals surface area contributed by atoms with Gasteiger partial charge in [-0.05, 0) is 85.5 Å². The lowest BCUT2D eigenvalue weighted by Crippen LogP contribution is -2.37. The van der Waals surface area contributed by atoms with Crippen LogP contribution in [0.5, 0.6) is 0 Å². The Labute approximate surface area is 353 Å². The monoisotopic (exact) mass is 767 g/mol. The Bertz CT molecular complexity index is 2900. The molecule has 0 aromatic heterocycles. The predicted octanol–water partition coefficient (Wildman–Crippen LogP) is 15.0. The van der Waals surface area contributed by atoms with E-state index in [1.807, 2.05) is 0 Å². The predicted molar refractivity (Wildman–Crippen MR) is 252 cm³/mol. The second-order valence-electron chi connectivity index (χ2n) is 16.3. The maximum atomic E-state index is 2.65. The van der Waals surface area contributed by atoms with Crippen LogP contribution in [0.15, 0.2) is 254 Å². The van der Waals surface area contributed by atoms with Crippen molar-refractivity contribution in [1.29, 1.82) is 0 Å². The van der Waals surface area contributed by atoms with Crippen molar-refractivity contribution in [3.63, 3.8) is 0 Å². The molecule has 0 radical (unpaired) electrons. The third kappa shape index (κ3) is 5.92. The molecule has 0 aliphatic heterocycles. The molecule has 3 unspecified atom stereocenters. The molecule has 3 atom stereocenters. The molecule has 0 bridgehead atoms. The van der Waals surface area contributed by atoms with Crippen LogP contribution in [-0.2, 0) is 5.41 Å². The molecule has 0 amide bonds. The van der Waals surface area contributed by atoms with Crippen molar-refractivity contribution in [3.05, 3.63) is 265 Å². The Morgan fingerprint density at radius 3 is 1.68 bits per heavy atom. The molecule has 8 aromatic carbocycles. The van der Waals surface area contributed by atoms with Crippen LogP contribution in [0.25, 0.3) is 44.2 Å². The second kappa shape index (κ2) is 15.2. The van der Waals surface area contributed by atoms with E-state index >= 15 is 0 Å². The maximum Gasteiger partial charge on any atom is 0.0563 e. The zero-order valence-corrected chi connectivity index (χ0v) is 33.5. The first-order valence-corrected chi connectivity index (χ1v) is 21.3. The van der Waals surface area contributed by atoms with Crippen LogP contribution in [0.2, 0.25) is 0 Å². The molecule has 1 fully saturated rings. The molecular formula is C59H45N. The minimum atomic E-state index is -0.360. The standard InChI is InChI=1S/C59H45N/c1-5-19-42(20-6-1)50-28-15-16-29-51(50)44-33-36-48(37-34-44)60(57-40-35-43-21-13-14-30-52(43)58(57)45-22-7-2-8-23-45)49-38-39-54-53-31-17-18-32-55(53)59(56(54)41-49,46-24-9-3-10-25-46)47-26-11-4-12-27-47/h1-37,39-41,49,53,55H,38H2. The van der Waals surface area contributed by atoms with Crippen molar-refractivity contribution in [1.82, 2.24) is 0 Å². The summed E-state index contributed by atoms with van der Waals surface area (Å²) < 4.78 is 0. The van der Waals surface area contributed by atoms with Gasteiger partial charge in [0.1, 0.15) is 0 Å². The van der Waals surface area contributed by atoms with Crippen LogP contribution < -0.4 is 4.90 Å². The summed E-state index contributed by atoms with van der Waals surface area (Å²) in [6, 6.07) is 75.9. The van der Waals surface area contributed by atoms with Crippen molar-refractivity contribution in [2.75, 3.05) is 4.90 Å². The number of fused-ring (bicyclic) bond motifs is 4. The average molecular weight is 768 g/mol. The quantitative estimate of drug-likeness (QED) is 0.149. The summed E-state index contributed by atoms with van der Waals surface area (Å²) >= 11 is 0. The molecule has 1 nitrogen and oxygen atoms in total. The molecule has 60 heavy (non-hydrogen) atoms. The van der Waals surface area contributed by atoms with Gasteiger partial charge in [0.25, 0.3) is 0 Å². The average Bonchev–Trinajstić information content (AvgIpc) is 3.63. The zero-order valence-electron chi connectivity index (χ0n) is 33.5. The van der Waals surface area contributed by atoms with E-state index in [9.17, 15) is 0 Å². The van der Waals surface area contributed by atoms with Gasteiger partial charge < -0.3 is 4.90 Å². The Balaban J connectivity index is 1.14. The van der Waals surface area contributed by atoms with E-state index in [-0.39, 0.29) is 17.4 Å². The zero-order chi connectivity index (χ0) is 39.9. The smallest absolute Gasteiger partial charge is 0.0563 e. The Hall–Kier alpha value is -7.22. The van der Waals surface area contributed by atoms with Crippen molar-refractivity contribution in [2.45, 2.75) is 17.9 Å². The van der Waals surface area contributed by atoms with E-state index in [4.69, 9.17) is 0 Å². The van der Waals surface area contributed by atoms with Gasteiger partial charge in [-0.15, -0.1) is 0 Å². The second-order valence-corrected chi connectivity index (χ2v) is 16.3. The van der Waals surface area contributed by atoms with Gasteiger partial charge in [0.05, 0.1) is 17.1 Å². The van der Waals surface area contributed by atoms with Gasteiger partial charge in [0, 0.05) is 23.1 Å². The lowest BCUT2D eigenvalue weighted by molar-refractivity contribution is 0.441. The van der Waals surface area contributed by atoms with E-state index in [0.717, 1.165) is 6.42 Å². The highest BCUT2D eigenvalue weighted by molar-refractivity contribution is 6.04. The first-order chi connectivity index (χ1) is 29.8. The summed E-state index contributed by atoms with van der Waals surface area (Å²) in [5.74, 6) is 0.544. The first kappa shape index (κ1) is 35.9. The molecule has 0 heterocycles. The fourth-order valence-electron chi connectivity index (χ4n) is 10.6.